The molecule has 0 amide bonds. The normalized spacial score (nSPS) is 14.9. The summed E-state index contributed by atoms with van der Waals surface area (Å²) in [7, 11) is 0. The lowest BCUT2D eigenvalue weighted by Gasteiger charge is -1.97. The average molecular weight is 151 g/mol. The number of hydrogen-bond donors (Lipinski definition) is 2. The van der Waals surface area contributed by atoms with Gasteiger partial charge in [-0.1, -0.05) is 0 Å². The molecule has 2 rings (SSSR count). The molecule has 5 nitrogen and oxygen atoms in total. The molecule has 5 heteroatoms. The van der Waals surface area contributed by atoms with Gasteiger partial charge >= 0.3 is 0 Å². The zero-order chi connectivity index (χ0) is 7.84. The summed E-state index contributed by atoms with van der Waals surface area (Å²) >= 11 is 0. The highest BCUT2D eigenvalue weighted by Crippen LogP contribution is 2.12. The van der Waals surface area contributed by atoms with Crippen LogP contribution in [0.4, 0.5) is 0 Å². The van der Waals surface area contributed by atoms with Crippen molar-refractivity contribution in [3.05, 3.63) is 11.6 Å². The van der Waals surface area contributed by atoms with Crippen LogP contribution in [0.5, 0.6) is 0 Å². The molecular weight excluding hydrogens is 142 g/mol. The number of nitrogen functional groups attached to an aromatic ring is 1. The molecule has 0 saturated heterocycles. The second kappa shape index (κ2) is 2.05. The summed E-state index contributed by atoms with van der Waals surface area (Å²) in [5.41, 5.74) is 5.29. The number of aromatic nitrogens is 3. The minimum atomic E-state index is 0.00523. The van der Waals surface area contributed by atoms with E-state index in [-0.39, 0.29) is 5.84 Å². The van der Waals surface area contributed by atoms with Gasteiger partial charge < -0.3 is 10.3 Å². The molecule has 2 heterocycles. The van der Waals surface area contributed by atoms with Crippen LogP contribution < -0.4 is 5.73 Å². The Morgan fingerprint density at radius 3 is 3.09 bits per heavy atom. The highest BCUT2D eigenvalue weighted by Gasteiger charge is 2.18. The Balaban J connectivity index is 2.50. The maximum absolute atomic E-state index is 7.18. The van der Waals surface area contributed by atoms with Gasteiger partial charge in [0.05, 0.1) is 0 Å². The molecular formula is C6H9N5. The summed E-state index contributed by atoms with van der Waals surface area (Å²) < 4.78 is 1.91. The van der Waals surface area contributed by atoms with E-state index in [1.165, 1.54) is 0 Å². The van der Waals surface area contributed by atoms with Crippen molar-refractivity contribution >= 4 is 5.84 Å². The van der Waals surface area contributed by atoms with Gasteiger partial charge in [0.25, 0.3) is 0 Å². The summed E-state index contributed by atoms with van der Waals surface area (Å²) in [4.78, 5) is 0. The first-order chi connectivity index (χ1) is 5.29. The molecule has 3 N–H and O–H groups in total. The molecule has 1 aliphatic heterocycles. The summed E-state index contributed by atoms with van der Waals surface area (Å²) in [6.45, 7) is 0.900. The summed E-state index contributed by atoms with van der Waals surface area (Å²) in [6, 6.07) is 0. The lowest BCUT2D eigenvalue weighted by Crippen LogP contribution is -2.17. The van der Waals surface area contributed by atoms with Crippen LogP contribution >= 0.6 is 0 Å². The summed E-state index contributed by atoms with van der Waals surface area (Å²) in [5, 5.41) is 14.9. The van der Waals surface area contributed by atoms with Gasteiger partial charge in [0.15, 0.2) is 11.7 Å². The minimum Gasteiger partial charge on any atom is -0.381 e. The predicted octanol–water partition coefficient (Wildman–Crippen LogP) is -0.492. The Morgan fingerprint density at radius 2 is 2.36 bits per heavy atom. The molecule has 0 fully saturated rings. The van der Waals surface area contributed by atoms with E-state index >= 15 is 0 Å². The monoisotopic (exact) mass is 151 g/mol. The van der Waals surface area contributed by atoms with E-state index in [1.54, 1.807) is 0 Å². The molecule has 0 aliphatic carbocycles. The van der Waals surface area contributed by atoms with E-state index in [0.717, 1.165) is 25.2 Å². The van der Waals surface area contributed by atoms with Crippen LogP contribution in [-0.2, 0) is 13.0 Å². The first-order valence-corrected chi connectivity index (χ1v) is 3.55. The van der Waals surface area contributed by atoms with Gasteiger partial charge in [0.2, 0.25) is 0 Å². The second-order valence-electron chi connectivity index (χ2n) is 2.61. The molecule has 0 radical (unpaired) electrons. The summed E-state index contributed by atoms with van der Waals surface area (Å²) in [6.07, 6.45) is 2.05. The topological polar surface area (TPSA) is 80.6 Å². The van der Waals surface area contributed by atoms with Crippen LogP contribution in [0, 0.1) is 5.41 Å². The van der Waals surface area contributed by atoms with E-state index in [2.05, 4.69) is 10.2 Å². The first kappa shape index (κ1) is 6.33. The van der Waals surface area contributed by atoms with E-state index in [1.807, 2.05) is 4.57 Å². The van der Waals surface area contributed by atoms with E-state index in [9.17, 15) is 0 Å². The average Bonchev–Trinajstić information content (AvgIpc) is 2.41. The van der Waals surface area contributed by atoms with Crippen molar-refractivity contribution < 1.29 is 0 Å². The molecule has 1 aromatic rings. The lowest BCUT2D eigenvalue weighted by molar-refractivity contribution is 0.732. The predicted molar refractivity (Wildman–Crippen MR) is 39.4 cm³/mol. The molecule has 0 spiro atoms. The fourth-order valence-corrected chi connectivity index (χ4v) is 1.35. The third-order valence-corrected chi connectivity index (χ3v) is 1.85. The Morgan fingerprint density at radius 1 is 1.55 bits per heavy atom. The van der Waals surface area contributed by atoms with Gasteiger partial charge in [-0.2, -0.15) is 0 Å². The van der Waals surface area contributed by atoms with Crippen LogP contribution in [0.1, 0.15) is 18.1 Å². The van der Waals surface area contributed by atoms with E-state index < -0.39 is 0 Å². The second-order valence-corrected chi connectivity index (χ2v) is 2.61. The van der Waals surface area contributed by atoms with Crippen LogP contribution in [-0.4, -0.2) is 20.6 Å². The van der Waals surface area contributed by atoms with Gasteiger partial charge in [-0.25, -0.2) is 0 Å². The Bertz CT molecular complexity index is 300. The third kappa shape index (κ3) is 0.806. The molecule has 0 atom stereocenters. The van der Waals surface area contributed by atoms with Crippen molar-refractivity contribution in [1.29, 1.82) is 5.41 Å². The largest absolute Gasteiger partial charge is 0.381 e. The number of nitrogens with zero attached hydrogens (tertiary/aromatic N) is 3. The number of nitrogens with one attached hydrogen (secondary N) is 1. The number of aryl methyl sites for hydroxylation is 1. The van der Waals surface area contributed by atoms with Crippen molar-refractivity contribution in [3.63, 3.8) is 0 Å². The smallest absolute Gasteiger partial charge is 0.198 e. The van der Waals surface area contributed by atoms with Gasteiger partial charge in [0, 0.05) is 13.0 Å². The Kier molecular flexibility index (Phi) is 1.18. The molecule has 0 unspecified atom stereocenters. The molecule has 0 saturated carbocycles. The van der Waals surface area contributed by atoms with E-state index in [0.29, 0.717) is 5.82 Å². The first-order valence-electron chi connectivity index (χ1n) is 3.55. The van der Waals surface area contributed by atoms with Crippen molar-refractivity contribution in [1.82, 2.24) is 14.8 Å². The molecule has 11 heavy (non-hydrogen) atoms. The van der Waals surface area contributed by atoms with Crippen LogP contribution in [0.25, 0.3) is 0 Å². The zero-order valence-electron chi connectivity index (χ0n) is 6.04. The van der Waals surface area contributed by atoms with Crippen LogP contribution in [0.2, 0.25) is 0 Å². The van der Waals surface area contributed by atoms with Crippen molar-refractivity contribution in [2.24, 2.45) is 5.73 Å². The van der Waals surface area contributed by atoms with Crippen molar-refractivity contribution in [3.8, 4) is 0 Å². The number of amidine groups is 1. The van der Waals surface area contributed by atoms with Crippen molar-refractivity contribution in [2.45, 2.75) is 19.4 Å². The Hall–Kier alpha value is -1.39. The van der Waals surface area contributed by atoms with Gasteiger partial charge in [-0.05, 0) is 6.42 Å². The Labute approximate surface area is 63.7 Å². The van der Waals surface area contributed by atoms with Crippen LogP contribution in [0.15, 0.2) is 0 Å². The highest BCUT2D eigenvalue weighted by atomic mass is 15.3. The van der Waals surface area contributed by atoms with Gasteiger partial charge in [-0.3, -0.25) is 5.41 Å². The maximum atomic E-state index is 7.18. The number of rotatable bonds is 1. The molecule has 1 aromatic heterocycles. The number of nitrogens with two attached hydrogens (primary N) is 1. The fraction of sp³-hybridized carbons (Fsp3) is 0.500. The molecule has 1 aliphatic rings. The molecule has 0 aromatic carbocycles. The van der Waals surface area contributed by atoms with Crippen molar-refractivity contribution in [2.75, 3.05) is 0 Å². The maximum Gasteiger partial charge on any atom is 0.198 e. The van der Waals surface area contributed by atoms with Crippen LogP contribution in [0.3, 0.4) is 0 Å². The quantitative estimate of drug-likeness (QED) is 0.419. The minimum absolute atomic E-state index is 0.00523. The summed E-state index contributed by atoms with van der Waals surface area (Å²) in [5.74, 6) is 1.47. The van der Waals surface area contributed by atoms with E-state index in [4.69, 9.17) is 11.1 Å². The third-order valence-electron chi connectivity index (χ3n) is 1.85. The SMILES string of the molecule is N=C(N)c1nnc2n1CCC2. The number of hydrogen-bond acceptors (Lipinski definition) is 3. The number of fused-ring (bicyclic) bond motifs is 1. The zero-order valence-corrected chi connectivity index (χ0v) is 6.04. The molecule has 0 bridgehead atoms. The van der Waals surface area contributed by atoms with Gasteiger partial charge in [0.1, 0.15) is 5.82 Å². The fourth-order valence-electron chi connectivity index (χ4n) is 1.35. The highest BCUT2D eigenvalue weighted by molar-refractivity contribution is 5.91. The standard InChI is InChI=1S/C6H9N5/c7-5(8)6-10-9-4-2-1-3-11(4)6/h1-3H2,(H3,7,8). The lowest BCUT2D eigenvalue weighted by atomic mass is 10.4. The molecule has 58 valence electrons. The van der Waals surface area contributed by atoms with Gasteiger partial charge in [-0.15, -0.1) is 10.2 Å².